The minimum atomic E-state index is -0.204. The van der Waals surface area contributed by atoms with Crippen LogP contribution in [0.15, 0.2) is 30.3 Å². The van der Waals surface area contributed by atoms with Gasteiger partial charge in [-0.3, -0.25) is 0 Å². The van der Waals surface area contributed by atoms with E-state index < -0.39 is 0 Å². The molecule has 0 fully saturated rings. The lowest BCUT2D eigenvalue weighted by molar-refractivity contribution is 0.475. The molecule has 1 aromatic heterocycles. The van der Waals surface area contributed by atoms with Gasteiger partial charge in [-0.25, -0.2) is 4.39 Å². The fourth-order valence-electron chi connectivity index (χ4n) is 2.03. The Hall–Kier alpha value is -0.610. The van der Waals surface area contributed by atoms with Gasteiger partial charge >= 0.3 is 0 Å². The van der Waals surface area contributed by atoms with E-state index in [1.54, 1.807) is 12.1 Å². The Morgan fingerprint density at radius 1 is 1.11 bits per heavy atom. The fraction of sp³-hybridized carbons (Fsp3) is 0.286. The number of rotatable bonds is 4. The zero-order valence-corrected chi connectivity index (χ0v) is 12.9. The van der Waals surface area contributed by atoms with Crippen LogP contribution in [0.2, 0.25) is 8.67 Å². The van der Waals surface area contributed by atoms with E-state index in [4.69, 9.17) is 23.2 Å². The van der Waals surface area contributed by atoms with Crippen molar-refractivity contribution in [2.75, 3.05) is 0 Å². The Labute approximate surface area is 126 Å². The summed E-state index contributed by atoms with van der Waals surface area (Å²) in [5.41, 5.74) is 1.59. The summed E-state index contributed by atoms with van der Waals surface area (Å²) in [4.78, 5) is 0. The van der Waals surface area contributed by atoms with E-state index in [1.165, 1.54) is 17.4 Å². The Morgan fingerprint density at radius 3 is 2.32 bits per heavy atom. The molecule has 2 rings (SSSR count). The van der Waals surface area contributed by atoms with Crippen molar-refractivity contribution in [2.24, 2.45) is 0 Å². The summed E-state index contributed by atoms with van der Waals surface area (Å²) in [5.74, 6) is -0.204. The molecule has 0 amide bonds. The van der Waals surface area contributed by atoms with E-state index in [2.05, 4.69) is 5.32 Å². The molecule has 0 aliphatic carbocycles. The fourth-order valence-corrected chi connectivity index (χ4v) is 3.67. The molecule has 1 heterocycles. The van der Waals surface area contributed by atoms with Crippen LogP contribution in [-0.4, -0.2) is 0 Å². The first-order chi connectivity index (χ1) is 8.99. The molecular formula is C14H14Cl2FNS. The summed E-state index contributed by atoms with van der Waals surface area (Å²) >= 11 is 13.4. The average molecular weight is 318 g/mol. The third-order valence-electron chi connectivity index (χ3n) is 3.02. The van der Waals surface area contributed by atoms with Crippen molar-refractivity contribution < 1.29 is 4.39 Å². The molecule has 1 N–H and O–H groups in total. The van der Waals surface area contributed by atoms with E-state index in [9.17, 15) is 4.39 Å². The second-order valence-electron chi connectivity index (χ2n) is 4.41. The van der Waals surface area contributed by atoms with Gasteiger partial charge in [0, 0.05) is 17.6 Å². The van der Waals surface area contributed by atoms with E-state index >= 15 is 0 Å². The maximum atomic E-state index is 13.7. The third kappa shape index (κ3) is 3.48. The van der Waals surface area contributed by atoms with Crippen LogP contribution in [0.3, 0.4) is 0 Å². The quantitative estimate of drug-likeness (QED) is 0.773. The lowest BCUT2D eigenvalue weighted by atomic mass is 10.1. The first kappa shape index (κ1) is 14.8. The van der Waals surface area contributed by atoms with Gasteiger partial charge in [-0.05, 0) is 31.5 Å². The Kier molecular flexibility index (Phi) is 4.85. The lowest BCUT2D eigenvalue weighted by Gasteiger charge is -2.20. The van der Waals surface area contributed by atoms with Gasteiger partial charge in [-0.1, -0.05) is 41.4 Å². The molecule has 1 aromatic carbocycles. The molecule has 0 aliphatic heterocycles. The maximum Gasteiger partial charge on any atom is 0.127 e. The number of hydrogen-bond donors (Lipinski definition) is 1. The van der Waals surface area contributed by atoms with Crippen LogP contribution in [0.5, 0.6) is 0 Å². The summed E-state index contributed by atoms with van der Waals surface area (Å²) in [6.45, 7) is 3.92. The van der Waals surface area contributed by atoms with Crippen molar-refractivity contribution in [3.8, 4) is 0 Å². The monoisotopic (exact) mass is 317 g/mol. The molecule has 5 heteroatoms. The first-order valence-electron chi connectivity index (χ1n) is 5.94. The van der Waals surface area contributed by atoms with E-state index in [1.807, 2.05) is 26.0 Å². The normalized spacial score (nSPS) is 14.4. The summed E-state index contributed by atoms with van der Waals surface area (Å²) in [5, 5.41) is 3.33. The highest BCUT2D eigenvalue weighted by molar-refractivity contribution is 7.20. The first-order valence-corrected chi connectivity index (χ1v) is 7.51. The van der Waals surface area contributed by atoms with Gasteiger partial charge in [-0.2, -0.15) is 0 Å². The largest absolute Gasteiger partial charge is 0.303 e. The number of hydrogen-bond acceptors (Lipinski definition) is 2. The number of benzene rings is 1. The summed E-state index contributed by atoms with van der Waals surface area (Å²) in [6.07, 6.45) is 0. The highest BCUT2D eigenvalue weighted by Crippen LogP contribution is 2.35. The Morgan fingerprint density at radius 2 is 1.74 bits per heavy atom. The van der Waals surface area contributed by atoms with E-state index in [0.717, 1.165) is 5.56 Å². The highest BCUT2D eigenvalue weighted by atomic mass is 35.5. The number of nitrogens with one attached hydrogen (secondary N) is 1. The molecular weight excluding hydrogens is 304 g/mol. The van der Waals surface area contributed by atoms with Crippen LogP contribution < -0.4 is 5.32 Å². The second kappa shape index (κ2) is 6.23. The van der Waals surface area contributed by atoms with Crippen LogP contribution in [0.1, 0.15) is 37.1 Å². The maximum absolute atomic E-state index is 13.7. The van der Waals surface area contributed by atoms with Crippen molar-refractivity contribution in [3.63, 3.8) is 0 Å². The van der Waals surface area contributed by atoms with Crippen LogP contribution >= 0.6 is 34.5 Å². The van der Waals surface area contributed by atoms with Crippen molar-refractivity contribution in [3.05, 3.63) is 55.9 Å². The SMILES string of the molecule is CC(N[C@H](C)c1ccccc1F)c1cc(Cl)sc1Cl. The minimum absolute atomic E-state index is 0.00542. The van der Waals surface area contributed by atoms with Crippen LogP contribution in [0, 0.1) is 5.82 Å². The van der Waals surface area contributed by atoms with E-state index in [-0.39, 0.29) is 17.9 Å². The van der Waals surface area contributed by atoms with Gasteiger partial charge in [0.05, 0.1) is 8.67 Å². The zero-order chi connectivity index (χ0) is 14.0. The van der Waals surface area contributed by atoms with Crippen molar-refractivity contribution in [1.82, 2.24) is 5.32 Å². The second-order valence-corrected chi connectivity index (χ2v) is 6.70. The summed E-state index contributed by atoms with van der Waals surface area (Å²) < 4.78 is 15.0. The summed E-state index contributed by atoms with van der Waals surface area (Å²) in [6, 6.07) is 8.51. The molecule has 0 saturated heterocycles. The van der Waals surface area contributed by atoms with Crippen molar-refractivity contribution >= 4 is 34.5 Å². The molecule has 0 spiro atoms. The average Bonchev–Trinajstić information content (AvgIpc) is 2.69. The molecule has 2 atom stereocenters. The standard InChI is InChI=1S/C14H14Cl2FNS/c1-8(10-5-3-4-6-12(10)17)18-9(2)11-7-13(15)19-14(11)16/h3-9,18H,1-2H3/t8-,9?/m1/s1. The molecule has 19 heavy (non-hydrogen) atoms. The molecule has 1 unspecified atom stereocenters. The molecule has 1 nitrogen and oxygen atoms in total. The predicted molar refractivity (Wildman–Crippen MR) is 80.7 cm³/mol. The smallest absolute Gasteiger partial charge is 0.127 e. The molecule has 102 valence electrons. The Bertz CT molecular complexity index is 570. The molecule has 0 aliphatic rings. The Balaban J connectivity index is 2.13. The van der Waals surface area contributed by atoms with Crippen molar-refractivity contribution in [2.45, 2.75) is 25.9 Å². The van der Waals surface area contributed by atoms with Gasteiger partial charge in [0.1, 0.15) is 5.82 Å². The van der Waals surface area contributed by atoms with Gasteiger partial charge in [-0.15, -0.1) is 11.3 Å². The predicted octanol–water partition coefficient (Wildman–Crippen LogP) is 5.61. The topological polar surface area (TPSA) is 12.0 Å². The molecule has 0 radical (unpaired) electrons. The van der Waals surface area contributed by atoms with Crippen LogP contribution in [-0.2, 0) is 0 Å². The third-order valence-corrected chi connectivity index (χ3v) is 4.54. The number of thiophene rings is 1. The minimum Gasteiger partial charge on any atom is -0.303 e. The van der Waals surface area contributed by atoms with Crippen molar-refractivity contribution in [1.29, 1.82) is 0 Å². The van der Waals surface area contributed by atoms with Gasteiger partial charge in [0.25, 0.3) is 0 Å². The molecule has 0 saturated carbocycles. The zero-order valence-electron chi connectivity index (χ0n) is 10.6. The van der Waals surface area contributed by atoms with Gasteiger partial charge < -0.3 is 5.32 Å². The lowest BCUT2D eigenvalue weighted by Crippen LogP contribution is -2.23. The summed E-state index contributed by atoms with van der Waals surface area (Å²) in [7, 11) is 0. The molecule has 0 bridgehead atoms. The van der Waals surface area contributed by atoms with Gasteiger partial charge in [0.15, 0.2) is 0 Å². The van der Waals surface area contributed by atoms with Crippen LogP contribution in [0.25, 0.3) is 0 Å². The van der Waals surface area contributed by atoms with Gasteiger partial charge in [0.2, 0.25) is 0 Å². The van der Waals surface area contributed by atoms with E-state index in [0.29, 0.717) is 14.2 Å². The number of halogens is 3. The van der Waals surface area contributed by atoms with Crippen LogP contribution in [0.4, 0.5) is 4.39 Å². The highest BCUT2D eigenvalue weighted by Gasteiger charge is 2.17. The molecule has 2 aromatic rings.